The number of allylic oxidation sites excluding steroid dienone is 4. The van der Waals surface area contributed by atoms with Crippen molar-refractivity contribution < 1.29 is 124 Å². The zero-order valence-electron chi connectivity index (χ0n) is 57.1. The van der Waals surface area contributed by atoms with E-state index in [0.717, 1.165) is 11.3 Å². The molecule has 0 aliphatic carbocycles. The number of nitrogens with zero attached hydrogens (tertiary/aromatic N) is 4. The molecule has 6 aromatic rings. The summed E-state index contributed by atoms with van der Waals surface area (Å²) in [5, 5.41) is 23.0. The third kappa shape index (κ3) is 23.2. The molecule has 107 heavy (non-hydrogen) atoms. The largest absolute Gasteiger partial charge is 0.481 e. The molecule has 44 heteroatoms. The lowest BCUT2D eigenvalue weighted by atomic mass is 9.74. The first kappa shape index (κ1) is 84.9. The van der Waals surface area contributed by atoms with E-state index in [1.807, 2.05) is 0 Å². The minimum atomic E-state index is -4.69. The molecule has 35 nitrogen and oxygen atoms in total. The number of carboxylic acid groups (broad SMARTS) is 1. The van der Waals surface area contributed by atoms with Crippen LogP contribution in [0.5, 0.6) is 0 Å². The molecule has 6 heterocycles. The Kier molecular flexibility index (Phi) is 27.1. The van der Waals surface area contributed by atoms with Gasteiger partial charge in [-0.25, -0.2) is 9.97 Å². The zero-order chi connectivity index (χ0) is 79.0. The summed E-state index contributed by atoms with van der Waals surface area (Å²) in [4.78, 5) is 76.9. The Morgan fingerprint density at radius 2 is 0.888 bits per heavy atom. The number of carboxylic acids is 1. The van der Waals surface area contributed by atoms with E-state index in [4.69, 9.17) is 5.11 Å². The molecule has 0 radical (unpaired) electrons. The number of aliphatic carboxylic acids is 1. The number of carbonyl (C=O) groups excluding carboxylic acids is 4. The van der Waals surface area contributed by atoms with Gasteiger partial charge in [0.1, 0.15) is 29.3 Å². The van der Waals surface area contributed by atoms with Crippen molar-refractivity contribution in [2.45, 2.75) is 88.9 Å². The van der Waals surface area contributed by atoms with Gasteiger partial charge < -0.3 is 31.3 Å². The summed E-state index contributed by atoms with van der Waals surface area (Å²) in [6.45, 7) is 1.16. The van der Waals surface area contributed by atoms with E-state index in [2.05, 4.69) is 31.2 Å². The average molecular weight is 1670 g/mol. The Labute approximate surface area is 624 Å². The first-order valence-corrected chi connectivity index (χ1v) is 45.6. The van der Waals surface area contributed by atoms with Crippen LogP contribution in [0.2, 0.25) is 0 Å². The summed E-state index contributed by atoms with van der Waals surface area (Å²) in [6, 6.07) is 11.8. The number of fused-ring (bicyclic) bond motifs is 6. The Hall–Kier alpha value is -7.67. The van der Waals surface area contributed by atoms with Crippen LogP contribution in [0, 0.1) is 0 Å². The second-order valence-electron chi connectivity index (χ2n) is 25.6. The van der Waals surface area contributed by atoms with E-state index in [9.17, 15) is 115 Å². The SMILES string of the molecule is CC1(CCCS(=O)(=O)O)C(/C=C/C=C2/N(CCCS(=O)(=O)O)c3c(cc(-c4cc(C(=O)NCCCCCC(=O)O)nc(C(=O)NCCS(=O)(=O)O)c4)c4sccc34)C2(C)CCCS(=O)(=O)O)=[N+](CCCS(=O)(=O)O)c2c1cc(-c1cc(C(=O)NCCS(=O)(=O)O)nc(C(=O)NCCS(=O)(=O)O)c1)c1sccc21. The van der Waals surface area contributed by atoms with Crippen LogP contribution in [-0.4, -0.2) is 225 Å². The minimum Gasteiger partial charge on any atom is -0.481 e. The summed E-state index contributed by atoms with van der Waals surface area (Å²) in [5.74, 6) is -10.8. The molecule has 0 bridgehead atoms. The van der Waals surface area contributed by atoms with Crippen LogP contribution in [-0.2, 0) is 86.5 Å². The van der Waals surface area contributed by atoms with Gasteiger partial charge in [0.25, 0.3) is 94.5 Å². The number of nitrogens with one attached hydrogen (secondary N) is 4. The van der Waals surface area contributed by atoms with Gasteiger partial charge >= 0.3 is 5.97 Å². The van der Waals surface area contributed by atoms with Crippen LogP contribution >= 0.6 is 22.7 Å². The smallest absolute Gasteiger partial charge is 0.303 e. The Morgan fingerprint density at radius 3 is 1.34 bits per heavy atom. The number of benzene rings is 2. The lowest BCUT2D eigenvalue weighted by molar-refractivity contribution is -0.435. The maximum atomic E-state index is 14.0. The lowest BCUT2D eigenvalue weighted by Crippen LogP contribution is -2.32. The monoisotopic (exact) mass is 1670 g/mol. The highest BCUT2D eigenvalue weighted by atomic mass is 32.2. The van der Waals surface area contributed by atoms with Crippen molar-refractivity contribution in [3.8, 4) is 22.3 Å². The van der Waals surface area contributed by atoms with Crippen molar-refractivity contribution in [2.75, 3.05) is 84.4 Å². The van der Waals surface area contributed by atoms with Crippen molar-refractivity contribution in [1.82, 2.24) is 31.2 Å². The molecular weight excluding hydrogens is 1590 g/mol. The molecule has 0 saturated heterocycles. The van der Waals surface area contributed by atoms with Gasteiger partial charge in [-0.2, -0.15) is 63.5 Å². The summed E-state index contributed by atoms with van der Waals surface area (Å²) in [6.07, 6.45) is 4.33. The maximum Gasteiger partial charge on any atom is 0.303 e. The number of rotatable bonds is 39. The third-order valence-electron chi connectivity index (χ3n) is 17.6. The Bertz CT molecular complexity index is 5380. The predicted molar refractivity (Wildman–Crippen MR) is 397 cm³/mol. The van der Waals surface area contributed by atoms with Gasteiger partial charge in [0.2, 0.25) is 5.69 Å². The molecular formula is C63H77N8O27S9+. The van der Waals surface area contributed by atoms with E-state index in [0.29, 0.717) is 78.9 Å². The fourth-order valence-electron chi connectivity index (χ4n) is 12.9. The number of unbranched alkanes of at least 4 members (excludes halogenated alkanes) is 2. The van der Waals surface area contributed by atoms with Crippen molar-refractivity contribution >= 4 is 160 Å². The zero-order valence-corrected chi connectivity index (χ0v) is 64.4. The van der Waals surface area contributed by atoms with Crippen LogP contribution in [0.15, 0.2) is 83.2 Å². The van der Waals surface area contributed by atoms with Crippen LogP contribution in [0.25, 0.3) is 42.4 Å². The van der Waals surface area contributed by atoms with Gasteiger partial charge in [-0.1, -0.05) is 12.5 Å². The van der Waals surface area contributed by atoms with Crippen LogP contribution in [0.1, 0.15) is 131 Å². The minimum absolute atomic E-state index is 0.0419. The second kappa shape index (κ2) is 34.1. The molecule has 2 aliphatic heterocycles. The molecule has 4 aromatic heterocycles. The molecule has 0 spiro atoms. The second-order valence-corrected chi connectivity index (χ2v) is 38.5. The number of hydrogen-bond acceptors (Lipinski definition) is 24. The number of anilines is 1. The van der Waals surface area contributed by atoms with E-state index in [1.165, 1.54) is 35.6 Å². The number of aromatic nitrogens is 2. The topological polar surface area (TPSA) is 566 Å². The highest BCUT2D eigenvalue weighted by Crippen LogP contribution is 2.57. The molecule has 4 amide bonds. The molecule has 2 unspecified atom stereocenters. The van der Waals surface area contributed by atoms with Gasteiger partial charge in [-0.15, -0.1) is 22.7 Å². The molecule has 8 rings (SSSR count). The van der Waals surface area contributed by atoms with Gasteiger partial charge in [-0.3, -0.25) is 55.8 Å². The number of carbonyl (C=O) groups is 5. The summed E-state index contributed by atoms with van der Waals surface area (Å²) >= 11 is 2.32. The predicted octanol–water partition coefficient (Wildman–Crippen LogP) is 4.93. The third-order valence-corrected chi connectivity index (χ3v) is 24.9. The fraction of sp³-hybridized carbons (Fsp3) is 0.429. The van der Waals surface area contributed by atoms with Crippen LogP contribution in [0.4, 0.5) is 11.4 Å². The van der Waals surface area contributed by atoms with E-state index in [1.54, 1.807) is 76.6 Å². The highest BCUT2D eigenvalue weighted by molar-refractivity contribution is 7.87. The lowest BCUT2D eigenvalue weighted by Gasteiger charge is -2.30. The first-order valence-electron chi connectivity index (χ1n) is 32.6. The van der Waals surface area contributed by atoms with Gasteiger partial charge in [0.15, 0.2) is 5.71 Å². The van der Waals surface area contributed by atoms with E-state index in [-0.39, 0.29) is 87.0 Å². The normalized spacial score (nSPS) is 16.9. The summed E-state index contributed by atoms with van der Waals surface area (Å²) < 4.78 is 242. The molecule has 584 valence electrons. The number of thiophene rings is 2. The van der Waals surface area contributed by atoms with Crippen LogP contribution in [0.3, 0.4) is 0 Å². The van der Waals surface area contributed by atoms with E-state index >= 15 is 0 Å². The quantitative estimate of drug-likeness (QED) is 0.0138. The van der Waals surface area contributed by atoms with Gasteiger partial charge in [0.05, 0.1) is 56.8 Å². The molecule has 2 aliphatic rings. The number of hydrogen-bond donors (Lipinski definition) is 12. The molecule has 0 saturated carbocycles. The Balaban J connectivity index is 1.37. The van der Waals surface area contributed by atoms with E-state index < -0.39 is 188 Å². The summed E-state index contributed by atoms with van der Waals surface area (Å²) in [5.41, 5.74) is -1.61. The number of pyridine rings is 2. The molecule has 12 N–H and O–H groups in total. The first-order chi connectivity index (χ1) is 49.6. The fourth-order valence-corrected chi connectivity index (χ4v) is 17.8. The highest BCUT2D eigenvalue weighted by Gasteiger charge is 2.50. The average Bonchev–Trinajstić information content (AvgIpc) is 1.56. The maximum absolute atomic E-state index is 14.0. The van der Waals surface area contributed by atoms with Gasteiger partial charge in [0, 0.05) is 94.2 Å². The van der Waals surface area contributed by atoms with Crippen molar-refractivity contribution in [3.05, 3.63) is 117 Å². The van der Waals surface area contributed by atoms with Crippen molar-refractivity contribution in [1.29, 1.82) is 0 Å². The summed E-state index contributed by atoms with van der Waals surface area (Å²) in [7, 11) is -32.5. The van der Waals surface area contributed by atoms with Crippen LogP contribution < -0.4 is 26.2 Å². The van der Waals surface area contributed by atoms with Gasteiger partial charge in [-0.05, 0) is 141 Å². The van der Waals surface area contributed by atoms with Crippen molar-refractivity contribution in [2.24, 2.45) is 0 Å². The Morgan fingerprint density at radius 1 is 0.486 bits per heavy atom. The molecule has 0 fully saturated rings. The van der Waals surface area contributed by atoms with Crippen molar-refractivity contribution in [3.63, 3.8) is 0 Å². The number of amides is 4. The molecule has 2 atom stereocenters. The molecule has 2 aromatic carbocycles. The standard InChI is InChI=1S/C63H76N8O27S9/c1-62(16-7-26-101(78,79)80)45-37-43(39-33-47(58(74)64-18-5-3-4-13-53(72)73)68-48(34-39)59(75)65-19-30-105(90,91)92)56-41(14-24-99-56)54(45)70(22-9-28-103(84,85)86)51(62)11-6-12-52-63(2,17-8-27-102(81,82)83)46-38-44(57-42(15-25-100-57)55(46)71(52)23-10-29-104(87,88)89)40-35-49(60(76)66-20-31-106(93,94)95)69-50(36-40)61(77)67-21-32-107(96,97)98/h6,11-12,14-15,24-25,33-38H,3-5,7-10,13,16-23,26-32H2,1-2H3,(H11-,64,65,66,67,72,73,74,75,76,77,78,79,80,81,82,83,84,85,86,87,88,89,90,91,92,93,94,95,96,97,98)/p+1.